The van der Waals surface area contributed by atoms with Gasteiger partial charge in [0.15, 0.2) is 0 Å². The molecule has 0 aromatic carbocycles. The van der Waals surface area contributed by atoms with Crippen LogP contribution in [0.15, 0.2) is 0 Å². The lowest BCUT2D eigenvalue weighted by atomic mass is 10.1. The Labute approximate surface area is 63.6 Å². The summed E-state index contributed by atoms with van der Waals surface area (Å²) in [6, 6.07) is 0. The standard InChI is InChI=1S/C7H18N3/c1-5-7(9-3,10-4)6-8-2/h6,8-10H,5H2,1-4H3. The van der Waals surface area contributed by atoms with Crippen LogP contribution in [0.1, 0.15) is 13.3 Å². The predicted molar refractivity (Wildman–Crippen MR) is 44.5 cm³/mol. The Morgan fingerprint density at radius 3 is 1.80 bits per heavy atom. The van der Waals surface area contributed by atoms with Crippen LogP contribution in [0.4, 0.5) is 0 Å². The van der Waals surface area contributed by atoms with Crippen molar-refractivity contribution in [2.75, 3.05) is 21.1 Å². The first-order chi connectivity index (χ1) is 4.74. The molecule has 61 valence electrons. The van der Waals surface area contributed by atoms with Crippen LogP contribution in [0, 0.1) is 6.54 Å². The minimum atomic E-state index is -0.0608. The van der Waals surface area contributed by atoms with Crippen LogP contribution < -0.4 is 16.0 Å². The highest BCUT2D eigenvalue weighted by Crippen LogP contribution is 2.05. The van der Waals surface area contributed by atoms with E-state index in [4.69, 9.17) is 0 Å². The van der Waals surface area contributed by atoms with Gasteiger partial charge < -0.3 is 16.0 Å². The zero-order chi connectivity index (χ0) is 8.04. The molecule has 0 unspecified atom stereocenters. The van der Waals surface area contributed by atoms with Crippen LogP contribution in [0.25, 0.3) is 0 Å². The fourth-order valence-corrected chi connectivity index (χ4v) is 0.971. The minimum absolute atomic E-state index is 0.0608. The van der Waals surface area contributed by atoms with Crippen LogP contribution in [0.2, 0.25) is 0 Å². The third-order valence-electron chi connectivity index (χ3n) is 1.84. The van der Waals surface area contributed by atoms with Gasteiger partial charge in [0.25, 0.3) is 0 Å². The van der Waals surface area contributed by atoms with E-state index in [0.29, 0.717) is 0 Å². The largest absolute Gasteiger partial charge is 0.313 e. The molecule has 0 aromatic rings. The maximum Gasteiger partial charge on any atom is 0.0853 e. The van der Waals surface area contributed by atoms with Crippen LogP contribution >= 0.6 is 0 Å². The van der Waals surface area contributed by atoms with Crippen molar-refractivity contribution in [3.63, 3.8) is 0 Å². The first-order valence-corrected chi connectivity index (χ1v) is 3.64. The van der Waals surface area contributed by atoms with E-state index in [-0.39, 0.29) is 5.66 Å². The second-order valence-corrected chi connectivity index (χ2v) is 2.26. The fraction of sp³-hybridized carbons (Fsp3) is 0.857. The number of hydrogen-bond donors (Lipinski definition) is 3. The molecule has 0 bridgehead atoms. The molecule has 10 heavy (non-hydrogen) atoms. The summed E-state index contributed by atoms with van der Waals surface area (Å²) in [5.74, 6) is 0. The van der Waals surface area contributed by atoms with Gasteiger partial charge in [0, 0.05) is 0 Å². The summed E-state index contributed by atoms with van der Waals surface area (Å²) in [5, 5.41) is 9.38. The first kappa shape index (κ1) is 9.88. The smallest absolute Gasteiger partial charge is 0.0853 e. The van der Waals surface area contributed by atoms with Crippen LogP contribution in [0.5, 0.6) is 0 Å². The van der Waals surface area contributed by atoms with Crippen molar-refractivity contribution in [2.45, 2.75) is 19.0 Å². The quantitative estimate of drug-likeness (QED) is 0.472. The Morgan fingerprint density at radius 1 is 1.20 bits per heavy atom. The summed E-state index contributed by atoms with van der Waals surface area (Å²) < 4.78 is 0. The molecule has 0 rings (SSSR count). The molecule has 0 aliphatic carbocycles. The molecule has 0 heterocycles. The van der Waals surface area contributed by atoms with Crippen LogP contribution in [-0.4, -0.2) is 26.8 Å². The van der Waals surface area contributed by atoms with Gasteiger partial charge in [-0.05, 0) is 27.6 Å². The molecule has 0 spiro atoms. The van der Waals surface area contributed by atoms with E-state index in [2.05, 4.69) is 22.9 Å². The van der Waals surface area contributed by atoms with Gasteiger partial charge in [-0.1, -0.05) is 6.92 Å². The molecule has 0 fully saturated rings. The van der Waals surface area contributed by atoms with Crippen LogP contribution in [-0.2, 0) is 0 Å². The Kier molecular flexibility index (Phi) is 4.60. The Bertz CT molecular complexity index is 70.7. The molecule has 0 amide bonds. The van der Waals surface area contributed by atoms with E-state index in [9.17, 15) is 0 Å². The molecule has 0 aliphatic rings. The molecular formula is C7H18N3. The number of hydrogen-bond acceptors (Lipinski definition) is 3. The summed E-state index contributed by atoms with van der Waals surface area (Å²) in [7, 11) is 5.78. The predicted octanol–water partition coefficient (Wildman–Crippen LogP) is -0.0873. The molecule has 3 N–H and O–H groups in total. The van der Waals surface area contributed by atoms with Crippen LogP contribution in [0.3, 0.4) is 0 Å². The lowest BCUT2D eigenvalue weighted by Gasteiger charge is -2.31. The van der Waals surface area contributed by atoms with E-state index in [0.717, 1.165) is 6.42 Å². The SMILES string of the molecule is CCC([CH]NC)(NC)NC. The fourth-order valence-electron chi connectivity index (χ4n) is 0.971. The lowest BCUT2D eigenvalue weighted by molar-refractivity contribution is 0.320. The molecule has 0 atom stereocenters. The topological polar surface area (TPSA) is 36.1 Å². The minimum Gasteiger partial charge on any atom is -0.313 e. The highest BCUT2D eigenvalue weighted by Gasteiger charge is 2.21. The average molecular weight is 144 g/mol. The second-order valence-electron chi connectivity index (χ2n) is 2.26. The summed E-state index contributed by atoms with van der Waals surface area (Å²) in [4.78, 5) is 0. The normalized spacial score (nSPS) is 12.0. The van der Waals surface area contributed by atoms with Gasteiger partial charge in [0.1, 0.15) is 0 Å². The summed E-state index contributed by atoms with van der Waals surface area (Å²) in [6.07, 6.45) is 1.01. The van der Waals surface area contributed by atoms with E-state index in [1.165, 1.54) is 0 Å². The molecule has 1 radical (unpaired) electrons. The Hall–Kier alpha value is -0.120. The third-order valence-corrected chi connectivity index (χ3v) is 1.84. The Morgan fingerprint density at radius 2 is 1.70 bits per heavy atom. The number of likely N-dealkylation sites (N-methyl/N-ethyl adjacent to an activating group) is 3. The van der Waals surface area contributed by atoms with Crippen molar-refractivity contribution in [3.05, 3.63) is 6.54 Å². The molecule has 0 saturated carbocycles. The van der Waals surface area contributed by atoms with Gasteiger partial charge in [-0.15, -0.1) is 0 Å². The lowest BCUT2D eigenvalue weighted by Crippen LogP contribution is -2.56. The molecule has 3 nitrogen and oxygen atoms in total. The van der Waals surface area contributed by atoms with E-state index < -0.39 is 0 Å². The van der Waals surface area contributed by atoms with Crippen molar-refractivity contribution in [1.29, 1.82) is 0 Å². The summed E-state index contributed by atoms with van der Waals surface area (Å²) in [5.41, 5.74) is -0.0608. The molecule has 0 saturated heterocycles. The summed E-state index contributed by atoms with van der Waals surface area (Å²) in [6.45, 7) is 4.13. The zero-order valence-electron chi connectivity index (χ0n) is 7.28. The average Bonchev–Trinajstić information content (AvgIpc) is 2.01. The van der Waals surface area contributed by atoms with E-state index in [1.54, 1.807) is 0 Å². The van der Waals surface area contributed by atoms with Gasteiger partial charge in [0.05, 0.1) is 12.2 Å². The number of nitrogens with one attached hydrogen (secondary N) is 3. The Balaban J connectivity index is 3.87. The maximum atomic E-state index is 3.19. The van der Waals surface area contributed by atoms with Crippen molar-refractivity contribution in [2.24, 2.45) is 0 Å². The molecular weight excluding hydrogens is 126 g/mol. The van der Waals surface area contributed by atoms with Crippen molar-refractivity contribution >= 4 is 0 Å². The van der Waals surface area contributed by atoms with E-state index >= 15 is 0 Å². The van der Waals surface area contributed by atoms with Gasteiger partial charge in [-0.2, -0.15) is 0 Å². The van der Waals surface area contributed by atoms with Crippen molar-refractivity contribution in [3.8, 4) is 0 Å². The third kappa shape index (κ3) is 2.25. The monoisotopic (exact) mass is 144 g/mol. The van der Waals surface area contributed by atoms with Gasteiger partial charge in [-0.25, -0.2) is 0 Å². The van der Waals surface area contributed by atoms with Gasteiger partial charge >= 0.3 is 0 Å². The summed E-state index contributed by atoms with van der Waals surface area (Å²) >= 11 is 0. The maximum absolute atomic E-state index is 3.19. The second kappa shape index (κ2) is 4.66. The van der Waals surface area contributed by atoms with Gasteiger partial charge in [0.2, 0.25) is 0 Å². The molecule has 3 heteroatoms. The highest BCUT2D eigenvalue weighted by atomic mass is 15.2. The molecule has 0 aliphatic heterocycles. The van der Waals surface area contributed by atoms with Crippen molar-refractivity contribution < 1.29 is 0 Å². The van der Waals surface area contributed by atoms with E-state index in [1.807, 2.05) is 27.7 Å². The first-order valence-electron chi connectivity index (χ1n) is 3.64. The highest BCUT2D eigenvalue weighted by molar-refractivity contribution is 4.92. The number of rotatable bonds is 5. The molecule has 0 aromatic heterocycles. The van der Waals surface area contributed by atoms with Crippen molar-refractivity contribution in [1.82, 2.24) is 16.0 Å². The zero-order valence-corrected chi connectivity index (χ0v) is 7.28. The van der Waals surface area contributed by atoms with Gasteiger partial charge in [-0.3, -0.25) is 0 Å².